The van der Waals surface area contributed by atoms with E-state index in [1.165, 1.54) is 12.8 Å². The number of halogens is 1. The molecule has 1 fully saturated rings. The van der Waals surface area contributed by atoms with E-state index >= 15 is 0 Å². The summed E-state index contributed by atoms with van der Waals surface area (Å²) in [6.45, 7) is 4.24. The molecule has 0 radical (unpaired) electrons. The van der Waals surface area contributed by atoms with Gasteiger partial charge >= 0.3 is 5.97 Å². The largest absolute Gasteiger partial charge is 0.462 e. The van der Waals surface area contributed by atoms with Crippen molar-refractivity contribution in [1.29, 1.82) is 0 Å². The van der Waals surface area contributed by atoms with E-state index in [1.807, 2.05) is 12.1 Å². The Labute approximate surface area is 106 Å². The van der Waals surface area contributed by atoms with Crippen LogP contribution in [0.25, 0.3) is 0 Å². The highest BCUT2D eigenvalue weighted by atomic mass is 35.5. The minimum absolute atomic E-state index is 0.310. The van der Waals surface area contributed by atoms with E-state index in [0.29, 0.717) is 17.2 Å². The Morgan fingerprint density at radius 2 is 2.06 bits per heavy atom. The van der Waals surface area contributed by atoms with Crippen LogP contribution in [0.4, 0.5) is 5.69 Å². The number of carbonyl (C=O) groups is 1. The summed E-state index contributed by atoms with van der Waals surface area (Å²) in [5.74, 6) is -0.310. The molecule has 0 saturated carbocycles. The average Bonchev–Trinajstić information content (AvgIpc) is 2.82. The zero-order valence-electron chi connectivity index (χ0n) is 9.91. The van der Waals surface area contributed by atoms with Crippen LogP contribution < -0.4 is 4.90 Å². The van der Waals surface area contributed by atoms with Gasteiger partial charge in [-0.15, -0.1) is 0 Å². The summed E-state index contributed by atoms with van der Waals surface area (Å²) in [5.41, 5.74) is 1.54. The Morgan fingerprint density at radius 3 is 2.71 bits per heavy atom. The molecule has 0 bridgehead atoms. The van der Waals surface area contributed by atoms with Gasteiger partial charge in [-0.05, 0) is 38.0 Å². The van der Waals surface area contributed by atoms with E-state index in [-0.39, 0.29) is 5.97 Å². The summed E-state index contributed by atoms with van der Waals surface area (Å²) in [6, 6.07) is 5.41. The summed E-state index contributed by atoms with van der Waals surface area (Å²) >= 11 is 6.04. The second-order valence-electron chi connectivity index (χ2n) is 4.11. The van der Waals surface area contributed by atoms with Crippen LogP contribution in [0.1, 0.15) is 30.1 Å². The topological polar surface area (TPSA) is 29.5 Å². The maximum absolute atomic E-state index is 11.7. The molecule has 1 heterocycles. The molecule has 0 aliphatic carbocycles. The summed E-state index contributed by atoms with van der Waals surface area (Å²) < 4.78 is 4.98. The third-order valence-corrected chi connectivity index (χ3v) is 3.08. The van der Waals surface area contributed by atoms with Crippen LogP contribution >= 0.6 is 11.6 Å². The summed E-state index contributed by atoms with van der Waals surface area (Å²) in [6.07, 6.45) is 2.39. The first kappa shape index (κ1) is 12.2. The molecule has 1 aromatic rings. The number of nitrogens with zero attached hydrogens (tertiary/aromatic N) is 1. The third kappa shape index (κ3) is 2.91. The molecule has 0 unspecified atom stereocenters. The van der Waals surface area contributed by atoms with Crippen molar-refractivity contribution in [3.63, 3.8) is 0 Å². The fraction of sp³-hybridized carbons (Fsp3) is 0.462. The number of hydrogen-bond acceptors (Lipinski definition) is 3. The Balaban J connectivity index is 2.25. The highest BCUT2D eigenvalue weighted by molar-refractivity contribution is 6.31. The van der Waals surface area contributed by atoms with Crippen molar-refractivity contribution < 1.29 is 9.53 Å². The Bertz CT molecular complexity index is 414. The molecular formula is C13H16ClNO2. The SMILES string of the molecule is CCOC(=O)c1cc(Cl)cc(N2CCCC2)c1. The molecule has 0 spiro atoms. The first-order chi connectivity index (χ1) is 8.20. The number of esters is 1. The second kappa shape index (κ2) is 5.41. The molecule has 1 aliphatic rings. The van der Waals surface area contributed by atoms with E-state index < -0.39 is 0 Å². The van der Waals surface area contributed by atoms with E-state index in [9.17, 15) is 4.79 Å². The molecule has 4 heteroatoms. The third-order valence-electron chi connectivity index (χ3n) is 2.86. The molecule has 3 nitrogen and oxygen atoms in total. The van der Waals surface area contributed by atoms with Crippen LogP contribution in [0.5, 0.6) is 0 Å². The van der Waals surface area contributed by atoms with Gasteiger partial charge in [-0.2, -0.15) is 0 Å². The van der Waals surface area contributed by atoms with Gasteiger partial charge in [-0.1, -0.05) is 11.6 Å². The van der Waals surface area contributed by atoms with Gasteiger partial charge in [-0.25, -0.2) is 4.79 Å². The molecule has 92 valence electrons. The fourth-order valence-electron chi connectivity index (χ4n) is 2.06. The van der Waals surface area contributed by atoms with E-state index in [0.717, 1.165) is 18.8 Å². The molecule has 2 rings (SSSR count). The Hall–Kier alpha value is -1.22. The first-order valence-electron chi connectivity index (χ1n) is 5.93. The smallest absolute Gasteiger partial charge is 0.338 e. The van der Waals surface area contributed by atoms with Crippen molar-refractivity contribution in [3.8, 4) is 0 Å². The van der Waals surface area contributed by atoms with E-state index in [4.69, 9.17) is 16.3 Å². The number of rotatable bonds is 3. The molecule has 17 heavy (non-hydrogen) atoms. The zero-order chi connectivity index (χ0) is 12.3. The normalized spacial score (nSPS) is 15.1. The molecule has 1 aromatic carbocycles. The lowest BCUT2D eigenvalue weighted by molar-refractivity contribution is 0.0526. The van der Waals surface area contributed by atoms with Gasteiger partial charge in [0.2, 0.25) is 0 Å². The highest BCUT2D eigenvalue weighted by Crippen LogP contribution is 2.25. The monoisotopic (exact) mass is 253 g/mol. The predicted molar refractivity (Wildman–Crippen MR) is 68.9 cm³/mol. The number of benzene rings is 1. The van der Waals surface area contributed by atoms with Crippen molar-refractivity contribution in [2.24, 2.45) is 0 Å². The lowest BCUT2D eigenvalue weighted by Gasteiger charge is -2.18. The van der Waals surface area contributed by atoms with Crippen molar-refractivity contribution in [3.05, 3.63) is 28.8 Å². The van der Waals surface area contributed by atoms with Gasteiger partial charge in [0.25, 0.3) is 0 Å². The lowest BCUT2D eigenvalue weighted by atomic mass is 10.2. The van der Waals surface area contributed by atoms with Crippen LogP contribution in [0, 0.1) is 0 Å². The molecular weight excluding hydrogens is 238 g/mol. The molecule has 1 saturated heterocycles. The fourth-order valence-corrected chi connectivity index (χ4v) is 2.29. The van der Waals surface area contributed by atoms with Crippen molar-refractivity contribution in [1.82, 2.24) is 0 Å². The van der Waals surface area contributed by atoms with Crippen molar-refractivity contribution >= 4 is 23.3 Å². The standard InChI is InChI=1S/C13H16ClNO2/c1-2-17-13(16)10-7-11(14)9-12(8-10)15-5-3-4-6-15/h7-9H,2-6H2,1H3. The van der Waals surface area contributed by atoms with Crippen LogP contribution in [0.2, 0.25) is 5.02 Å². The zero-order valence-corrected chi connectivity index (χ0v) is 10.7. The number of ether oxygens (including phenoxy) is 1. The first-order valence-corrected chi connectivity index (χ1v) is 6.31. The highest BCUT2D eigenvalue weighted by Gasteiger charge is 2.16. The van der Waals surface area contributed by atoms with Crippen molar-refractivity contribution in [2.75, 3.05) is 24.6 Å². The lowest BCUT2D eigenvalue weighted by Crippen LogP contribution is -2.18. The number of anilines is 1. The van der Waals surface area contributed by atoms with Gasteiger partial charge in [0.05, 0.1) is 12.2 Å². The minimum atomic E-state index is -0.310. The van der Waals surface area contributed by atoms with E-state index in [1.54, 1.807) is 13.0 Å². The molecule has 0 N–H and O–H groups in total. The minimum Gasteiger partial charge on any atom is -0.462 e. The van der Waals surface area contributed by atoms with Gasteiger partial charge in [0, 0.05) is 23.8 Å². The Kier molecular flexibility index (Phi) is 3.89. The molecule has 0 aromatic heterocycles. The van der Waals surface area contributed by atoms with E-state index in [2.05, 4.69) is 4.90 Å². The van der Waals surface area contributed by atoms with Crippen LogP contribution in [0.3, 0.4) is 0 Å². The van der Waals surface area contributed by atoms with Crippen LogP contribution in [-0.4, -0.2) is 25.7 Å². The molecule has 0 amide bonds. The number of carbonyl (C=O) groups excluding carboxylic acids is 1. The van der Waals surface area contributed by atoms with Gasteiger partial charge < -0.3 is 9.64 Å². The van der Waals surface area contributed by atoms with Gasteiger partial charge in [-0.3, -0.25) is 0 Å². The second-order valence-corrected chi connectivity index (χ2v) is 4.55. The quantitative estimate of drug-likeness (QED) is 0.776. The van der Waals surface area contributed by atoms with Crippen LogP contribution in [-0.2, 0) is 4.74 Å². The van der Waals surface area contributed by atoms with Gasteiger partial charge in [0.1, 0.15) is 0 Å². The summed E-state index contributed by atoms with van der Waals surface area (Å²) in [7, 11) is 0. The summed E-state index contributed by atoms with van der Waals surface area (Å²) in [4.78, 5) is 13.9. The molecule has 0 atom stereocenters. The Morgan fingerprint density at radius 1 is 1.35 bits per heavy atom. The number of hydrogen-bond donors (Lipinski definition) is 0. The van der Waals surface area contributed by atoms with Crippen molar-refractivity contribution in [2.45, 2.75) is 19.8 Å². The maximum atomic E-state index is 11.7. The maximum Gasteiger partial charge on any atom is 0.338 e. The average molecular weight is 254 g/mol. The predicted octanol–water partition coefficient (Wildman–Crippen LogP) is 3.12. The molecule has 1 aliphatic heterocycles. The van der Waals surface area contributed by atoms with Gasteiger partial charge in [0.15, 0.2) is 0 Å². The van der Waals surface area contributed by atoms with Crippen LogP contribution in [0.15, 0.2) is 18.2 Å². The summed E-state index contributed by atoms with van der Waals surface area (Å²) in [5, 5.41) is 0.581.